The lowest BCUT2D eigenvalue weighted by Gasteiger charge is -2.16. The van der Waals surface area contributed by atoms with E-state index in [1.54, 1.807) is 0 Å². The van der Waals surface area contributed by atoms with E-state index in [4.69, 9.17) is 0 Å². The molecule has 1 saturated carbocycles. The van der Waals surface area contributed by atoms with Crippen LogP contribution in [0.5, 0.6) is 0 Å². The van der Waals surface area contributed by atoms with Crippen molar-refractivity contribution in [1.82, 2.24) is 9.88 Å². The number of rotatable bonds is 5. The van der Waals surface area contributed by atoms with Gasteiger partial charge in [-0.1, -0.05) is 0 Å². The second-order valence-corrected chi connectivity index (χ2v) is 4.33. The molecule has 0 aromatic carbocycles. The van der Waals surface area contributed by atoms with Gasteiger partial charge in [-0.05, 0) is 38.4 Å². The molecule has 0 spiro atoms. The Bertz CT molecular complexity index is 320. The van der Waals surface area contributed by atoms with Crippen LogP contribution in [0.1, 0.15) is 18.4 Å². The van der Waals surface area contributed by atoms with Gasteiger partial charge in [0.25, 0.3) is 0 Å². The normalized spacial score (nSPS) is 15.7. The Morgan fingerprint density at radius 1 is 1.53 bits per heavy atom. The summed E-state index contributed by atoms with van der Waals surface area (Å²) < 4.78 is 0. The number of hydrogen-bond acceptors (Lipinski definition) is 3. The van der Waals surface area contributed by atoms with E-state index in [-0.39, 0.29) is 0 Å². The fourth-order valence-corrected chi connectivity index (χ4v) is 1.74. The lowest BCUT2D eigenvalue weighted by atomic mass is 10.2. The largest absolute Gasteiger partial charge is 0.383 e. The fourth-order valence-electron chi connectivity index (χ4n) is 1.74. The van der Waals surface area contributed by atoms with Gasteiger partial charge in [-0.15, -0.1) is 0 Å². The van der Waals surface area contributed by atoms with Crippen molar-refractivity contribution in [2.24, 2.45) is 0 Å². The van der Waals surface area contributed by atoms with Gasteiger partial charge in [-0.25, -0.2) is 0 Å². The first-order chi connectivity index (χ1) is 7.27. The first-order valence-corrected chi connectivity index (χ1v) is 5.62. The van der Waals surface area contributed by atoms with Crippen LogP contribution in [0.3, 0.4) is 0 Å². The zero-order valence-corrected chi connectivity index (χ0v) is 9.53. The molecule has 3 heteroatoms. The molecular formula is C12H19N3. The standard InChI is InChI=1S/C12H19N3/c1-10-9-13-6-5-12(10)14-7-8-15(2)11-3-4-11/h5-6,9,11H,3-4,7-8H2,1-2H3,(H,13,14). The van der Waals surface area contributed by atoms with Crippen molar-refractivity contribution in [2.75, 3.05) is 25.5 Å². The van der Waals surface area contributed by atoms with Gasteiger partial charge in [-0.2, -0.15) is 0 Å². The first kappa shape index (κ1) is 10.4. The molecule has 1 heterocycles. The highest BCUT2D eigenvalue weighted by molar-refractivity contribution is 5.48. The Hall–Kier alpha value is -1.09. The van der Waals surface area contributed by atoms with Crippen molar-refractivity contribution < 1.29 is 0 Å². The van der Waals surface area contributed by atoms with Crippen LogP contribution in [-0.4, -0.2) is 36.1 Å². The van der Waals surface area contributed by atoms with E-state index >= 15 is 0 Å². The van der Waals surface area contributed by atoms with Gasteiger partial charge < -0.3 is 10.2 Å². The molecule has 1 aliphatic carbocycles. The Balaban J connectivity index is 1.75. The molecule has 1 fully saturated rings. The summed E-state index contributed by atoms with van der Waals surface area (Å²) in [5, 5.41) is 3.44. The molecule has 0 atom stereocenters. The second kappa shape index (κ2) is 4.62. The van der Waals surface area contributed by atoms with E-state index in [1.165, 1.54) is 24.1 Å². The van der Waals surface area contributed by atoms with Gasteiger partial charge in [0.2, 0.25) is 0 Å². The van der Waals surface area contributed by atoms with Crippen LogP contribution < -0.4 is 5.32 Å². The van der Waals surface area contributed by atoms with Gasteiger partial charge in [0.15, 0.2) is 0 Å². The second-order valence-electron chi connectivity index (χ2n) is 4.33. The van der Waals surface area contributed by atoms with Crippen LogP contribution in [0.2, 0.25) is 0 Å². The quantitative estimate of drug-likeness (QED) is 0.795. The van der Waals surface area contributed by atoms with Crippen LogP contribution in [0, 0.1) is 6.92 Å². The zero-order chi connectivity index (χ0) is 10.7. The van der Waals surface area contributed by atoms with Crippen LogP contribution >= 0.6 is 0 Å². The van der Waals surface area contributed by atoms with Crippen LogP contribution in [-0.2, 0) is 0 Å². The number of aryl methyl sites for hydroxylation is 1. The number of nitrogens with one attached hydrogen (secondary N) is 1. The maximum atomic E-state index is 4.08. The molecule has 1 aromatic heterocycles. The molecule has 1 aromatic rings. The number of hydrogen-bond donors (Lipinski definition) is 1. The molecule has 0 amide bonds. The molecule has 3 nitrogen and oxygen atoms in total. The van der Waals surface area contributed by atoms with Gasteiger partial charge in [0.05, 0.1) is 0 Å². The number of nitrogens with zero attached hydrogens (tertiary/aromatic N) is 2. The van der Waals surface area contributed by atoms with Crippen molar-refractivity contribution in [3.8, 4) is 0 Å². The number of likely N-dealkylation sites (N-methyl/N-ethyl adjacent to an activating group) is 1. The van der Waals surface area contributed by atoms with E-state index in [9.17, 15) is 0 Å². The average molecular weight is 205 g/mol. The summed E-state index contributed by atoms with van der Waals surface area (Å²) in [5.41, 5.74) is 2.42. The number of aromatic nitrogens is 1. The topological polar surface area (TPSA) is 28.2 Å². The van der Waals surface area contributed by atoms with E-state index in [0.29, 0.717) is 0 Å². The smallest absolute Gasteiger partial charge is 0.0401 e. The summed E-state index contributed by atoms with van der Waals surface area (Å²) in [5.74, 6) is 0. The van der Waals surface area contributed by atoms with Crippen LogP contribution in [0.15, 0.2) is 18.5 Å². The Kier molecular flexibility index (Phi) is 3.21. The molecule has 0 radical (unpaired) electrons. The van der Waals surface area contributed by atoms with Crippen molar-refractivity contribution >= 4 is 5.69 Å². The Labute approximate surface area is 91.5 Å². The molecule has 0 bridgehead atoms. The number of pyridine rings is 1. The molecule has 15 heavy (non-hydrogen) atoms. The van der Waals surface area contributed by atoms with Crippen LogP contribution in [0.4, 0.5) is 5.69 Å². The van der Waals surface area contributed by atoms with Gasteiger partial charge in [-0.3, -0.25) is 4.98 Å². The maximum Gasteiger partial charge on any atom is 0.0401 e. The minimum Gasteiger partial charge on any atom is -0.383 e. The first-order valence-electron chi connectivity index (χ1n) is 5.62. The van der Waals surface area contributed by atoms with Crippen molar-refractivity contribution in [2.45, 2.75) is 25.8 Å². The number of anilines is 1. The molecule has 0 unspecified atom stereocenters. The van der Waals surface area contributed by atoms with E-state index in [0.717, 1.165) is 19.1 Å². The van der Waals surface area contributed by atoms with E-state index < -0.39 is 0 Å². The predicted octanol–water partition coefficient (Wildman–Crippen LogP) is 1.90. The summed E-state index contributed by atoms with van der Waals surface area (Å²) in [7, 11) is 2.21. The van der Waals surface area contributed by atoms with Crippen LogP contribution in [0.25, 0.3) is 0 Å². The fraction of sp³-hybridized carbons (Fsp3) is 0.583. The third kappa shape index (κ3) is 2.93. The molecule has 82 valence electrons. The summed E-state index contributed by atoms with van der Waals surface area (Å²) in [6.45, 7) is 4.21. The predicted molar refractivity (Wildman–Crippen MR) is 63.1 cm³/mol. The van der Waals surface area contributed by atoms with Gasteiger partial charge in [0.1, 0.15) is 0 Å². The van der Waals surface area contributed by atoms with Crippen molar-refractivity contribution in [3.63, 3.8) is 0 Å². The van der Waals surface area contributed by atoms with E-state index in [1.807, 2.05) is 18.5 Å². The van der Waals surface area contributed by atoms with E-state index in [2.05, 4.69) is 29.2 Å². The Morgan fingerprint density at radius 3 is 3.00 bits per heavy atom. The average Bonchev–Trinajstić information content (AvgIpc) is 3.04. The summed E-state index contributed by atoms with van der Waals surface area (Å²) in [6, 6.07) is 2.89. The molecular weight excluding hydrogens is 186 g/mol. The minimum absolute atomic E-state index is 0.852. The maximum absolute atomic E-state index is 4.08. The molecule has 0 saturated heterocycles. The summed E-state index contributed by atoms with van der Waals surface area (Å²) >= 11 is 0. The van der Waals surface area contributed by atoms with Gasteiger partial charge >= 0.3 is 0 Å². The zero-order valence-electron chi connectivity index (χ0n) is 9.53. The molecule has 0 aliphatic heterocycles. The monoisotopic (exact) mass is 205 g/mol. The highest BCUT2D eigenvalue weighted by Gasteiger charge is 2.25. The lowest BCUT2D eigenvalue weighted by molar-refractivity contribution is 0.337. The lowest BCUT2D eigenvalue weighted by Crippen LogP contribution is -2.27. The highest BCUT2D eigenvalue weighted by Crippen LogP contribution is 2.24. The molecule has 2 rings (SSSR count). The molecule has 1 N–H and O–H groups in total. The highest BCUT2D eigenvalue weighted by atomic mass is 15.2. The van der Waals surface area contributed by atoms with Crippen molar-refractivity contribution in [3.05, 3.63) is 24.0 Å². The van der Waals surface area contributed by atoms with Gasteiger partial charge in [0, 0.05) is 37.2 Å². The summed E-state index contributed by atoms with van der Waals surface area (Å²) in [6.07, 6.45) is 6.49. The SMILES string of the molecule is Cc1cnccc1NCCN(C)C1CC1. The van der Waals surface area contributed by atoms with Crippen molar-refractivity contribution in [1.29, 1.82) is 0 Å². The summed E-state index contributed by atoms with van der Waals surface area (Å²) in [4.78, 5) is 6.51. The molecule has 1 aliphatic rings. The minimum atomic E-state index is 0.852. The third-order valence-electron chi connectivity index (χ3n) is 2.97. The third-order valence-corrected chi connectivity index (χ3v) is 2.97. The Morgan fingerprint density at radius 2 is 2.33 bits per heavy atom.